The molecule has 7 nitrogen and oxygen atoms in total. The minimum Gasteiger partial charge on any atom is -0.365 e. The Morgan fingerprint density at radius 3 is 2.38 bits per heavy atom. The molecule has 2 aromatic carbocycles. The number of amides is 1. The number of hydrogen-bond donors (Lipinski definition) is 2. The first-order chi connectivity index (χ1) is 12.5. The average molecular weight is 343 g/mol. The van der Waals surface area contributed by atoms with E-state index in [1.165, 1.54) is 6.07 Å². The van der Waals surface area contributed by atoms with Gasteiger partial charge < -0.3 is 5.73 Å². The van der Waals surface area contributed by atoms with Gasteiger partial charge in [-0.15, -0.1) is 0 Å². The van der Waals surface area contributed by atoms with E-state index in [2.05, 4.69) is 5.10 Å². The highest BCUT2D eigenvalue weighted by molar-refractivity contribution is 6.08. The lowest BCUT2D eigenvalue weighted by Gasteiger charge is -2.11. The number of benzene rings is 2. The fraction of sp³-hybridized carbons (Fsp3) is 0. The molecular weight excluding hydrogens is 330 g/mol. The lowest BCUT2D eigenvalue weighted by atomic mass is 10.1. The van der Waals surface area contributed by atoms with Gasteiger partial charge in [-0.25, -0.2) is 4.68 Å². The number of primary amides is 1. The summed E-state index contributed by atoms with van der Waals surface area (Å²) in [5, 5.41) is 21.7. The van der Waals surface area contributed by atoms with Crippen molar-refractivity contribution < 1.29 is 9.59 Å². The van der Waals surface area contributed by atoms with Crippen LogP contribution in [-0.2, 0) is 0 Å². The summed E-state index contributed by atoms with van der Waals surface area (Å²) in [4.78, 5) is 24.5. The number of nitriles is 1. The van der Waals surface area contributed by atoms with Crippen molar-refractivity contribution in [3.8, 4) is 11.8 Å². The van der Waals surface area contributed by atoms with Crippen LogP contribution in [0.4, 0.5) is 0 Å². The molecule has 0 saturated heterocycles. The minimum absolute atomic E-state index is 0.0475. The third-order valence-corrected chi connectivity index (χ3v) is 3.74. The van der Waals surface area contributed by atoms with E-state index < -0.39 is 11.7 Å². The highest BCUT2D eigenvalue weighted by atomic mass is 16.1. The van der Waals surface area contributed by atoms with Gasteiger partial charge in [0, 0.05) is 5.56 Å². The van der Waals surface area contributed by atoms with Crippen molar-refractivity contribution in [2.75, 3.05) is 0 Å². The van der Waals surface area contributed by atoms with Crippen molar-refractivity contribution in [1.29, 1.82) is 10.7 Å². The predicted molar refractivity (Wildman–Crippen MR) is 92.5 cm³/mol. The number of nitrogens with one attached hydrogen (secondary N) is 1. The van der Waals surface area contributed by atoms with Gasteiger partial charge in [0.1, 0.15) is 11.8 Å². The lowest BCUT2D eigenvalue weighted by Crippen LogP contribution is -2.32. The van der Waals surface area contributed by atoms with E-state index in [9.17, 15) is 14.9 Å². The van der Waals surface area contributed by atoms with E-state index in [1.807, 2.05) is 6.07 Å². The van der Waals surface area contributed by atoms with Crippen LogP contribution < -0.4 is 11.2 Å². The molecule has 0 radical (unpaired) electrons. The molecule has 3 rings (SSSR count). The second-order valence-corrected chi connectivity index (χ2v) is 5.39. The van der Waals surface area contributed by atoms with Crippen molar-refractivity contribution in [3.63, 3.8) is 0 Å². The van der Waals surface area contributed by atoms with E-state index in [4.69, 9.17) is 11.1 Å². The van der Waals surface area contributed by atoms with Gasteiger partial charge >= 0.3 is 0 Å². The van der Waals surface area contributed by atoms with E-state index in [0.717, 1.165) is 4.68 Å². The standard InChI is InChI=1S/C19H13N5O2/c20-11-13-8-4-5-9-16(13)24-18(21)14(19(22)26)10-15(23-24)17(25)12-6-2-1-3-7-12/h1-10,21H,(H2,22,26). The van der Waals surface area contributed by atoms with Gasteiger partial charge in [0.15, 0.2) is 5.49 Å². The van der Waals surface area contributed by atoms with Crippen LogP contribution in [-0.4, -0.2) is 21.5 Å². The first-order valence-corrected chi connectivity index (χ1v) is 7.61. The number of hydrogen-bond acceptors (Lipinski definition) is 5. The molecule has 3 N–H and O–H groups in total. The second-order valence-electron chi connectivity index (χ2n) is 5.39. The quantitative estimate of drug-likeness (QED) is 0.697. The third kappa shape index (κ3) is 2.99. The summed E-state index contributed by atoms with van der Waals surface area (Å²) in [6.07, 6.45) is 0. The fourth-order valence-corrected chi connectivity index (χ4v) is 2.47. The van der Waals surface area contributed by atoms with Crippen molar-refractivity contribution in [2.24, 2.45) is 5.73 Å². The van der Waals surface area contributed by atoms with Crippen LogP contribution in [0.15, 0.2) is 60.7 Å². The Hall–Kier alpha value is -4.05. The largest absolute Gasteiger partial charge is 0.365 e. The number of carbonyl (C=O) groups excluding carboxylic acids is 2. The molecule has 0 unspecified atom stereocenters. The number of nitrogens with zero attached hydrogens (tertiary/aromatic N) is 3. The number of para-hydroxylation sites is 1. The zero-order valence-corrected chi connectivity index (χ0v) is 13.5. The summed E-state index contributed by atoms with van der Waals surface area (Å²) in [5.74, 6) is -1.28. The Morgan fingerprint density at radius 1 is 1.08 bits per heavy atom. The van der Waals surface area contributed by atoms with Gasteiger partial charge in [-0.2, -0.15) is 10.4 Å². The first kappa shape index (κ1) is 16.8. The monoisotopic (exact) mass is 343 g/mol. The van der Waals surface area contributed by atoms with Gasteiger partial charge in [0.05, 0.1) is 16.8 Å². The molecule has 0 aliphatic rings. The number of aromatic nitrogens is 2. The van der Waals surface area contributed by atoms with Gasteiger partial charge in [0.25, 0.3) is 5.91 Å². The molecule has 1 amide bonds. The number of carbonyl (C=O) groups is 2. The summed E-state index contributed by atoms with van der Waals surface area (Å²) in [6, 6.07) is 18.1. The molecule has 26 heavy (non-hydrogen) atoms. The summed E-state index contributed by atoms with van der Waals surface area (Å²) >= 11 is 0. The van der Waals surface area contributed by atoms with Gasteiger partial charge in [-0.1, -0.05) is 42.5 Å². The van der Waals surface area contributed by atoms with Crippen molar-refractivity contribution in [1.82, 2.24) is 9.78 Å². The third-order valence-electron chi connectivity index (χ3n) is 3.74. The van der Waals surface area contributed by atoms with Gasteiger partial charge in [-0.3, -0.25) is 15.0 Å². The Kier molecular flexibility index (Phi) is 4.41. The summed E-state index contributed by atoms with van der Waals surface area (Å²) in [7, 11) is 0. The number of ketones is 1. The number of rotatable bonds is 4. The molecule has 126 valence electrons. The molecule has 0 aliphatic carbocycles. The SMILES string of the molecule is N#Cc1ccccc1-n1nc(C(=O)c2ccccc2)cc(C(N)=O)c1=N. The molecule has 0 atom stereocenters. The molecule has 0 spiro atoms. The number of nitrogens with two attached hydrogens (primary N) is 1. The van der Waals surface area contributed by atoms with Crippen LogP contribution in [0.2, 0.25) is 0 Å². The van der Waals surface area contributed by atoms with Crippen LogP contribution >= 0.6 is 0 Å². The molecule has 1 aromatic heterocycles. The summed E-state index contributed by atoms with van der Waals surface area (Å²) < 4.78 is 1.08. The maximum Gasteiger partial charge on any atom is 0.252 e. The van der Waals surface area contributed by atoms with Crippen LogP contribution in [0.5, 0.6) is 0 Å². The molecular formula is C19H13N5O2. The van der Waals surface area contributed by atoms with E-state index in [-0.39, 0.29) is 28.0 Å². The minimum atomic E-state index is -0.859. The zero-order chi connectivity index (χ0) is 18.7. The first-order valence-electron chi connectivity index (χ1n) is 7.61. The molecule has 0 bridgehead atoms. The molecule has 0 aliphatic heterocycles. The molecule has 7 heteroatoms. The average Bonchev–Trinajstić information content (AvgIpc) is 2.68. The van der Waals surface area contributed by atoms with Crippen LogP contribution in [0.25, 0.3) is 5.69 Å². The molecule has 1 heterocycles. The smallest absolute Gasteiger partial charge is 0.252 e. The van der Waals surface area contributed by atoms with Crippen molar-refractivity contribution in [2.45, 2.75) is 0 Å². The van der Waals surface area contributed by atoms with Crippen LogP contribution in [0.3, 0.4) is 0 Å². The lowest BCUT2D eigenvalue weighted by molar-refractivity contribution is 0.0997. The van der Waals surface area contributed by atoms with Crippen molar-refractivity contribution in [3.05, 3.63) is 88.5 Å². The van der Waals surface area contributed by atoms with Crippen molar-refractivity contribution >= 4 is 11.7 Å². The van der Waals surface area contributed by atoms with Gasteiger partial charge in [-0.05, 0) is 18.2 Å². The Morgan fingerprint density at radius 2 is 1.73 bits per heavy atom. The van der Waals surface area contributed by atoms with Gasteiger partial charge in [0.2, 0.25) is 5.78 Å². The molecule has 3 aromatic rings. The predicted octanol–water partition coefficient (Wildman–Crippen LogP) is 1.55. The topological polar surface area (TPSA) is 126 Å². The van der Waals surface area contributed by atoms with E-state index >= 15 is 0 Å². The Balaban J connectivity index is 2.28. The normalized spacial score (nSPS) is 10.1. The van der Waals surface area contributed by atoms with Crippen LogP contribution in [0.1, 0.15) is 32.0 Å². The maximum absolute atomic E-state index is 12.7. The Bertz CT molecular complexity index is 1110. The molecule has 0 saturated carbocycles. The Labute approximate surface area is 148 Å². The summed E-state index contributed by atoms with van der Waals surface area (Å²) in [5.41, 5.74) is 5.77. The zero-order valence-electron chi connectivity index (χ0n) is 13.5. The van der Waals surface area contributed by atoms with E-state index in [0.29, 0.717) is 5.56 Å². The molecule has 0 fully saturated rings. The van der Waals surface area contributed by atoms with E-state index in [1.54, 1.807) is 54.6 Å². The fourth-order valence-electron chi connectivity index (χ4n) is 2.47. The maximum atomic E-state index is 12.7. The highest BCUT2D eigenvalue weighted by Crippen LogP contribution is 2.13. The summed E-state index contributed by atoms with van der Waals surface area (Å²) in [6.45, 7) is 0. The van der Waals surface area contributed by atoms with Crippen LogP contribution in [0, 0.1) is 16.7 Å². The highest BCUT2D eigenvalue weighted by Gasteiger charge is 2.18. The second kappa shape index (κ2) is 6.83.